The average molecular weight is 359 g/mol. The maximum atomic E-state index is 12.5. The number of hydrogen-bond donors (Lipinski definition) is 0. The molecule has 1 saturated heterocycles. The highest BCUT2D eigenvalue weighted by atomic mass is 32.1. The standard InChI is InChI=1S/C19H25N3O2S/c1-2-24-13-15-6-5-11-22(12-15)18(23)9-8-16-14-25-19(21-16)17-7-3-4-10-20-17/h3-4,7,10,14-15H,2,5-6,8-9,11-13H2,1H3. The van der Waals surface area contributed by atoms with Gasteiger partial charge in [0.2, 0.25) is 5.91 Å². The quantitative estimate of drug-likeness (QED) is 0.760. The Hall–Kier alpha value is -1.79. The Morgan fingerprint density at radius 3 is 3.16 bits per heavy atom. The lowest BCUT2D eigenvalue weighted by molar-refractivity contribution is -0.133. The van der Waals surface area contributed by atoms with Crippen LogP contribution in [0.25, 0.3) is 10.7 Å². The van der Waals surface area contributed by atoms with Crippen LogP contribution in [0.1, 0.15) is 31.9 Å². The van der Waals surface area contributed by atoms with Crippen molar-refractivity contribution in [2.45, 2.75) is 32.6 Å². The first-order valence-electron chi connectivity index (χ1n) is 8.97. The minimum Gasteiger partial charge on any atom is -0.381 e. The van der Waals surface area contributed by atoms with Gasteiger partial charge in [-0.15, -0.1) is 11.3 Å². The summed E-state index contributed by atoms with van der Waals surface area (Å²) in [7, 11) is 0. The van der Waals surface area contributed by atoms with E-state index < -0.39 is 0 Å². The number of ether oxygens (including phenoxy) is 1. The number of likely N-dealkylation sites (tertiary alicyclic amines) is 1. The molecule has 25 heavy (non-hydrogen) atoms. The van der Waals surface area contributed by atoms with Crippen LogP contribution < -0.4 is 0 Å². The Morgan fingerprint density at radius 1 is 1.44 bits per heavy atom. The van der Waals surface area contributed by atoms with E-state index in [1.807, 2.05) is 35.4 Å². The van der Waals surface area contributed by atoms with Crippen LogP contribution in [0.15, 0.2) is 29.8 Å². The summed E-state index contributed by atoms with van der Waals surface area (Å²) in [6.07, 6.45) is 5.21. The number of amides is 1. The van der Waals surface area contributed by atoms with E-state index in [9.17, 15) is 4.79 Å². The molecular weight excluding hydrogens is 334 g/mol. The highest BCUT2D eigenvalue weighted by molar-refractivity contribution is 7.13. The van der Waals surface area contributed by atoms with E-state index in [2.05, 4.69) is 9.97 Å². The fraction of sp³-hybridized carbons (Fsp3) is 0.526. The molecule has 0 spiro atoms. The summed E-state index contributed by atoms with van der Waals surface area (Å²) in [5, 5.41) is 2.95. The smallest absolute Gasteiger partial charge is 0.222 e. The van der Waals surface area contributed by atoms with Gasteiger partial charge in [0, 0.05) is 37.7 Å². The normalized spacial score (nSPS) is 17.6. The van der Waals surface area contributed by atoms with Gasteiger partial charge in [-0.2, -0.15) is 0 Å². The van der Waals surface area contributed by atoms with Crippen molar-refractivity contribution in [1.29, 1.82) is 0 Å². The Balaban J connectivity index is 1.50. The van der Waals surface area contributed by atoms with Crippen molar-refractivity contribution in [3.63, 3.8) is 0 Å². The predicted octanol–water partition coefficient (Wildman–Crippen LogP) is 3.41. The van der Waals surface area contributed by atoms with Crippen LogP contribution in [-0.2, 0) is 16.0 Å². The molecule has 2 aromatic heterocycles. The van der Waals surface area contributed by atoms with Gasteiger partial charge in [0.15, 0.2) is 0 Å². The predicted molar refractivity (Wildman–Crippen MR) is 99.5 cm³/mol. The molecule has 0 N–H and O–H groups in total. The Morgan fingerprint density at radius 2 is 2.36 bits per heavy atom. The fourth-order valence-corrected chi connectivity index (χ4v) is 3.96. The van der Waals surface area contributed by atoms with Crippen molar-refractivity contribution in [2.24, 2.45) is 5.92 Å². The molecule has 3 rings (SSSR count). The lowest BCUT2D eigenvalue weighted by Gasteiger charge is -2.32. The van der Waals surface area contributed by atoms with Gasteiger partial charge in [0.05, 0.1) is 18.0 Å². The summed E-state index contributed by atoms with van der Waals surface area (Å²) in [5.41, 5.74) is 1.86. The highest BCUT2D eigenvalue weighted by Crippen LogP contribution is 2.23. The summed E-state index contributed by atoms with van der Waals surface area (Å²) >= 11 is 1.58. The second kappa shape index (κ2) is 9.06. The molecule has 5 nitrogen and oxygen atoms in total. The maximum Gasteiger partial charge on any atom is 0.222 e. The molecular formula is C19H25N3O2S. The monoisotopic (exact) mass is 359 g/mol. The topological polar surface area (TPSA) is 55.3 Å². The van der Waals surface area contributed by atoms with E-state index in [1.165, 1.54) is 0 Å². The van der Waals surface area contributed by atoms with E-state index in [0.29, 0.717) is 18.8 Å². The lowest BCUT2D eigenvalue weighted by Crippen LogP contribution is -2.41. The van der Waals surface area contributed by atoms with Crippen LogP contribution in [0.4, 0.5) is 0 Å². The number of piperidine rings is 1. The van der Waals surface area contributed by atoms with Crippen LogP contribution in [-0.4, -0.2) is 47.1 Å². The Labute approximate surface area is 153 Å². The third-order valence-corrected chi connectivity index (χ3v) is 5.37. The van der Waals surface area contributed by atoms with Crippen molar-refractivity contribution >= 4 is 17.2 Å². The molecule has 1 unspecified atom stereocenters. The van der Waals surface area contributed by atoms with Crippen LogP contribution in [0.2, 0.25) is 0 Å². The minimum absolute atomic E-state index is 0.230. The van der Waals surface area contributed by atoms with Crippen molar-refractivity contribution < 1.29 is 9.53 Å². The van der Waals surface area contributed by atoms with Crippen LogP contribution in [0.3, 0.4) is 0 Å². The van der Waals surface area contributed by atoms with Crippen molar-refractivity contribution in [3.8, 4) is 10.7 Å². The molecule has 6 heteroatoms. The lowest BCUT2D eigenvalue weighted by atomic mass is 9.98. The zero-order valence-corrected chi connectivity index (χ0v) is 15.5. The number of thiazole rings is 1. The van der Waals surface area contributed by atoms with Crippen molar-refractivity contribution in [2.75, 3.05) is 26.3 Å². The van der Waals surface area contributed by atoms with Gasteiger partial charge < -0.3 is 9.64 Å². The number of nitrogens with zero attached hydrogens (tertiary/aromatic N) is 3. The molecule has 0 aromatic carbocycles. The summed E-state index contributed by atoms with van der Waals surface area (Å²) in [4.78, 5) is 23.5. The molecule has 3 heterocycles. The van der Waals surface area contributed by atoms with Crippen LogP contribution in [0, 0.1) is 5.92 Å². The van der Waals surface area contributed by atoms with Gasteiger partial charge in [0.1, 0.15) is 5.01 Å². The van der Waals surface area contributed by atoms with E-state index in [4.69, 9.17) is 4.74 Å². The first-order valence-corrected chi connectivity index (χ1v) is 9.85. The van der Waals surface area contributed by atoms with Gasteiger partial charge in [-0.25, -0.2) is 4.98 Å². The molecule has 1 amide bonds. The van der Waals surface area contributed by atoms with Gasteiger partial charge in [-0.1, -0.05) is 6.07 Å². The largest absolute Gasteiger partial charge is 0.381 e. The summed E-state index contributed by atoms with van der Waals surface area (Å²) in [6.45, 7) is 5.22. The number of aromatic nitrogens is 2. The molecule has 0 bridgehead atoms. The summed E-state index contributed by atoms with van der Waals surface area (Å²) in [6, 6.07) is 5.82. The van der Waals surface area contributed by atoms with Gasteiger partial charge in [-0.3, -0.25) is 9.78 Å². The molecule has 0 radical (unpaired) electrons. The first-order chi connectivity index (χ1) is 12.3. The molecule has 0 saturated carbocycles. The van der Waals surface area contributed by atoms with Crippen molar-refractivity contribution in [1.82, 2.24) is 14.9 Å². The van der Waals surface area contributed by atoms with Gasteiger partial charge in [0.25, 0.3) is 0 Å². The number of hydrogen-bond acceptors (Lipinski definition) is 5. The minimum atomic E-state index is 0.230. The molecule has 1 atom stereocenters. The maximum absolute atomic E-state index is 12.5. The van der Waals surface area contributed by atoms with Gasteiger partial charge in [-0.05, 0) is 44.2 Å². The average Bonchev–Trinajstić information content (AvgIpc) is 3.14. The third-order valence-electron chi connectivity index (χ3n) is 4.46. The van der Waals surface area contributed by atoms with E-state index >= 15 is 0 Å². The number of aryl methyl sites for hydroxylation is 1. The SMILES string of the molecule is CCOCC1CCCN(C(=O)CCc2csc(-c3ccccn3)n2)C1. The second-order valence-electron chi connectivity index (χ2n) is 6.37. The molecule has 1 fully saturated rings. The van der Waals surface area contributed by atoms with Crippen molar-refractivity contribution in [3.05, 3.63) is 35.5 Å². The summed E-state index contributed by atoms with van der Waals surface area (Å²) in [5.74, 6) is 0.710. The zero-order chi connectivity index (χ0) is 17.5. The van der Waals surface area contributed by atoms with E-state index in [1.54, 1.807) is 17.5 Å². The Bertz CT molecular complexity index is 674. The number of carbonyl (C=O) groups is 1. The zero-order valence-electron chi connectivity index (χ0n) is 14.7. The molecule has 134 valence electrons. The Kier molecular flexibility index (Phi) is 6.53. The number of pyridine rings is 1. The van der Waals surface area contributed by atoms with E-state index in [0.717, 1.165) is 55.5 Å². The highest BCUT2D eigenvalue weighted by Gasteiger charge is 2.23. The molecule has 1 aliphatic heterocycles. The van der Waals surface area contributed by atoms with E-state index in [-0.39, 0.29) is 5.91 Å². The van der Waals surface area contributed by atoms with Crippen LogP contribution >= 0.6 is 11.3 Å². The molecule has 2 aromatic rings. The molecule has 1 aliphatic rings. The first kappa shape index (κ1) is 18.0. The van der Waals surface area contributed by atoms with Crippen LogP contribution in [0.5, 0.6) is 0 Å². The number of rotatable bonds is 7. The summed E-state index contributed by atoms with van der Waals surface area (Å²) < 4.78 is 5.52. The number of carbonyl (C=O) groups excluding carboxylic acids is 1. The molecule has 0 aliphatic carbocycles. The van der Waals surface area contributed by atoms with Gasteiger partial charge >= 0.3 is 0 Å². The third kappa shape index (κ3) is 5.09. The fourth-order valence-electron chi connectivity index (χ4n) is 3.13. The second-order valence-corrected chi connectivity index (χ2v) is 7.22.